The number of rotatable bonds is 4. The highest BCUT2D eigenvalue weighted by molar-refractivity contribution is 6.17. The van der Waals surface area contributed by atoms with Crippen LogP contribution < -0.4 is 4.74 Å². The van der Waals surface area contributed by atoms with E-state index in [0.717, 1.165) is 47.1 Å². The van der Waals surface area contributed by atoms with E-state index in [2.05, 4.69) is 86.6 Å². The van der Waals surface area contributed by atoms with Crippen molar-refractivity contribution in [2.45, 2.75) is 52.1 Å². The molecule has 8 rings (SSSR count). The minimum atomic E-state index is 0.189. The molecule has 198 valence electrons. The van der Waals surface area contributed by atoms with Crippen molar-refractivity contribution < 1.29 is 9.57 Å². The summed E-state index contributed by atoms with van der Waals surface area (Å²) in [6.07, 6.45) is 6.58. The molecule has 0 saturated heterocycles. The van der Waals surface area contributed by atoms with E-state index in [1.165, 1.54) is 58.4 Å². The highest BCUT2D eigenvalue weighted by Crippen LogP contribution is 2.73. The van der Waals surface area contributed by atoms with Crippen molar-refractivity contribution in [3.63, 3.8) is 0 Å². The van der Waals surface area contributed by atoms with Crippen LogP contribution in [0.3, 0.4) is 0 Å². The quantitative estimate of drug-likeness (QED) is 0.272. The molecule has 0 spiro atoms. The Morgan fingerprint density at radius 1 is 0.846 bits per heavy atom. The number of hydrogen-bond donors (Lipinski definition) is 0. The zero-order valence-electron chi connectivity index (χ0n) is 23.2. The van der Waals surface area contributed by atoms with Gasteiger partial charge in [0.1, 0.15) is 11.9 Å². The topological polar surface area (TPSA) is 30.8 Å². The Labute approximate surface area is 231 Å². The Balaban J connectivity index is 1.22. The molecule has 0 radical (unpaired) electrons. The van der Waals surface area contributed by atoms with Gasteiger partial charge in [0.25, 0.3) is 0 Å². The van der Waals surface area contributed by atoms with E-state index in [4.69, 9.17) is 14.7 Å². The third-order valence-electron chi connectivity index (χ3n) is 11.3. The summed E-state index contributed by atoms with van der Waals surface area (Å²) in [4.78, 5) is 6.39. The van der Waals surface area contributed by atoms with Crippen molar-refractivity contribution in [1.29, 1.82) is 0 Å². The molecular formula is C36H37NO2. The van der Waals surface area contributed by atoms with Crippen molar-refractivity contribution in [3.05, 3.63) is 78.4 Å². The van der Waals surface area contributed by atoms with Crippen molar-refractivity contribution >= 4 is 27.3 Å². The largest absolute Gasteiger partial charge is 0.496 e. The third kappa shape index (κ3) is 3.25. The van der Waals surface area contributed by atoms with Crippen LogP contribution >= 0.6 is 0 Å². The molecule has 3 saturated carbocycles. The van der Waals surface area contributed by atoms with E-state index in [-0.39, 0.29) is 6.10 Å². The first-order valence-corrected chi connectivity index (χ1v) is 14.9. The molecule has 39 heavy (non-hydrogen) atoms. The second-order valence-corrected chi connectivity index (χ2v) is 12.9. The van der Waals surface area contributed by atoms with Gasteiger partial charge in [0, 0.05) is 29.0 Å². The molecule has 3 nitrogen and oxygen atoms in total. The molecule has 0 bridgehead atoms. The van der Waals surface area contributed by atoms with Crippen LogP contribution in [0.15, 0.2) is 78.0 Å². The first kappa shape index (κ1) is 23.5. The Morgan fingerprint density at radius 3 is 2.33 bits per heavy atom. The van der Waals surface area contributed by atoms with Crippen molar-refractivity contribution in [2.24, 2.45) is 40.2 Å². The molecule has 3 fully saturated rings. The summed E-state index contributed by atoms with van der Waals surface area (Å²) in [5, 5.41) is 9.72. The number of oxime groups is 1. The predicted molar refractivity (Wildman–Crippen MR) is 159 cm³/mol. The molecule has 0 N–H and O–H groups in total. The Bertz CT molecular complexity index is 1640. The van der Waals surface area contributed by atoms with Gasteiger partial charge < -0.3 is 9.57 Å². The maximum atomic E-state index is 6.39. The fourth-order valence-corrected chi connectivity index (χ4v) is 9.61. The van der Waals surface area contributed by atoms with Gasteiger partial charge >= 0.3 is 0 Å². The number of nitrogens with zero attached hydrogens (tertiary/aromatic N) is 1. The van der Waals surface area contributed by atoms with Gasteiger partial charge in [-0.25, -0.2) is 0 Å². The number of methoxy groups -OCH3 is 1. The van der Waals surface area contributed by atoms with Crippen LogP contribution in [0.25, 0.3) is 32.7 Å². The Morgan fingerprint density at radius 2 is 1.56 bits per heavy atom. The minimum Gasteiger partial charge on any atom is -0.496 e. The first-order chi connectivity index (χ1) is 19.1. The van der Waals surface area contributed by atoms with E-state index in [1.807, 2.05) is 0 Å². The van der Waals surface area contributed by atoms with E-state index < -0.39 is 0 Å². The molecule has 7 atom stereocenters. The number of fused-ring (bicyclic) bond motifs is 6. The highest BCUT2D eigenvalue weighted by atomic mass is 16.6. The zero-order chi connectivity index (χ0) is 26.3. The smallest absolute Gasteiger partial charge is 0.136 e. The number of ether oxygens (including phenoxy) is 1. The average Bonchev–Trinajstić information content (AvgIpc) is 3.66. The van der Waals surface area contributed by atoms with Gasteiger partial charge in [-0.05, 0) is 76.0 Å². The maximum Gasteiger partial charge on any atom is 0.136 e. The lowest BCUT2D eigenvalue weighted by Gasteiger charge is -2.58. The van der Waals surface area contributed by atoms with Gasteiger partial charge in [-0.15, -0.1) is 0 Å². The van der Waals surface area contributed by atoms with Crippen LogP contribution in [0, 0.1) is 35.0 Å². The van der Waals surface area contributed by atoms with Crippen LogP contribution in [0.2, 0.25) is 0 Å². The van der Waals surface area contributed by atoms with Gasteiger partial charge in [0.05, 0.1) is 12.8 Å². The molecular weight excluding hydrogens is 478 g/mol. The van der Waals surface area contributed by atoms with E-state index >= 15 is 0 Å². The molecule has 4 aliphatic rings. The fourth-order valence-electron chi connectivity index (χ4n) is 9.61. The van der Waals surface area contributed by atoms with Crippen LogP contribution in [-0.4, -0.2) is 18.9 Å². The monoisotopic (exact) mass is 515 g/mol. The second kappa shape index (κ2) is 8.58. The summed E-state index contributed by atoms with van der Waals surface area (Å²) >= 11 is 0. The third-order valence-corrected chi connectivity index (χ3v) is 11.3. The molecule has 3 heteroatoms. The lowest BCUT2D eigenvalue weighted by molar-refractivity contribution is -0.123. The predicted octanol–water partition coefficient (Wildman–Crippen LogP) is 8.87. The Hall–Kier alpha value is -3.33. The lowest BCUT2D eigenvalue weighted by atomic mass is 9.47. The highest BCUT2D eigenvalue weighted by Gasteiger charge is 2.68. The first-order valence-electron chi connectivity index (χ1n) is 14.9. The van der Waals surface area contributed by atoms with Gasteiger partial charge in [0.15, 0.2) is 0 Å². The van der Waals surface area contributed by atoms with E-state index in [9.17, 15) is 0 Å². The van der Waals surface area contributed by atoms with Crippen LogP contribution in [0.5, 0.6) is 5.75 Å². The summed E-state index contributed by atoms with van der Waals surface area (Å²) in [5.74, 6) is 5.01. The molecule has 4 aromatic rings. The molecule has 1 heterocycles. The van der Waals surface area contributed by atoms with Gasteiger partial charge in [-0.3, -0.25) is 0 Å². The summed E-state index contributed by atoms with van der Waals surface area (Å²) in [5.41, 5.74) is 5.13. The van der Waals surface area contributed by atoms with Gasteiger partial charge in [0.2, 0.25) is 0 Å². The van der Waals surface area contributed by atoms with Crippen molar-refractivity contribution in [3.8, 4) is 16.9 Å². The summed E-state index contributed by atoms with van der Waals surface area (Å²) < 4.78 is 6.00. The van der Waals surface area contributed by atoms with Crippen LogP contribution in [0.1, 0.15) is 51.5 Å². The number of hydrogen-bond acceptors (Lipinski definition) is 3. The molecule has 1 aliphatic heterocycles. The fraction of sp³-hybridized carbons (Fsp3) is 0.417. The van der Waals surface area contributed by atoms with Crippen LogP contribution in [-0.2, 0) is 4.84 Å². The summed E-state index contributed by atoms with van der Waals surface area (Å²) in [7, 11) is 1.78. The molecule has 3 aliphatic carbocycles. The van der Waals surface area contributed by atoms with Crippen LogP contribution in [0.4, 0.5) is 0 Å². The normalized spacial score (nSPS) is 32.9. The molecule has 0 aromatic heterocycles. The second-order valence-electron chi connectivity index (χ2n) is 12.9. The minimum absolute atomic E-state index is 0.189. The van der Waals surface area contributed by atoms with Crippen molar-refractivity contribution in [1.82, 2.24) is 0 Å². The molecule has 0 amide bonds. The molecule has 4 aromatic carbocycles. The molecule has 0 unspecified atom stereocenters. The summed E-state index contributed by atoms with van der Waals surface area (Å²) in [6, 6.07) is 26.1. The van der Waals surface area contributed by atoms with Crippen molar-refractivity contribution in [2.75, 3.05) is 7.11 Å². The standard InChI is InChI=1S/C36H37NO2/c1-21-12-16-28-32(21)35-27(18-19-36(28,35)2)31-20-29(37-39-31)26-15-13-22-8-4-6-10-24(22)33(26)34-25-11-7-5-9-23(25)14-17-30(34)38-3/h4-11,13-15,17,21,27-28,31-32,35H,12,16,18-20H2,1-3H3/t21-,27-,28+,31+,32-,35+,36-/m1/s1. The zero-order valence-corrected chi connectivity index (χ0v) is 23.2. The number of benzene rings is 4. The Kier molecular flexibility index (Phi) is 5.18. The van der Waals surface area contributed by atoms with E-state index in [0.29, 0.717) is 11.3 Å². The van der Waals surface area contributed by atoms with Gasteiger partial charge in [-0.1, -0.05) is 92.2 Å². The van der Waals surface area contributed by atoms with Gasteiger partial charge in [-0.2, -0.15) is 0 Å². The van der Waals surface area contributed by atoms with E-state index in [1.54, 1.807) is 7.11 Å². The lowest BCUT2D eigenvalue weighted by Crippen LogP contribution is -2.54. The maximum absolute atomic E-state index is 6.39. The SMILES string of the molecule is COc1ccc2ccccc2c1-c1c(C2=NO[C@H]([C@H]3CC[C@@]4(C)[C@@H]3[C@@H]3[C@H](C)CC[C@@H]34)C2)ccc2ccccc12. The average molecular weight is 516 g/mol. The summed E-state index contributed by atoms with van der Waals surface area (Å²) in [6.45, 7) is 5.08.